The summed E-state index contributed by atoms with van der Waals surface area (Å²) in [6, 6.07) is 12.1. The Bertz CT molecular complexity index is 623. The van der Waals surface area contributed by atoms with Gasteiger partial charge in [-0.3, -0.25) is 4.90 Å². The minimum Gasteiger partial charge on any atom is -0.399 e. The van der Waals surface area contributed by atoms with Gasteiger partial charge in [-0.05, 0) is 47.4 Å². The van der Waals surface area contributed by atoms with Crippen molar-refractivity contribution in [2.45, 2.75) is 19.5 Å². The maximum atomic E-state index is 6.11. The fraction of sp³-hybridized carbons (Fsp3) is 0.250. The first-order valence-electron chi connectivity index (χ1n) is 6.65. The van der Waals surface area contributed by atoms with Crippen molar-refractivity contribution in [3.05, 3.63) is 63.1 Å². The Morgan fingerprint density at radius 1 is 1.00 bits per heavy atom. The summed E-state index contributed by atoms with van der Waals surface area (Å²) in [5.74, 6) is 0. The van der Waals surface area contributed by atoms with Gasteiger partial charge >= 0.3 is 0 Å². The molecule has 0 atom stereocenters. The van der Waals surface area contributed by atoms with E-state index in [0.29, 0.717) is 10.0 Å². The van der Waals surface area contributed by atoms with Crippen LogP contribution in [0.3, 0.4) is 0 Å². The van der Waals surface area contributed by atoms with Gasteiger partial charge in [0.05, 0.1) is 10.0 Å². The highest BCUT2D eigenvalue weighted by atomic mass is 35.5. The molecule has 2 aromatic rings. The average Bonchev–Trinajstić information content (AvgIpc) is 2.43. The molecule has 0 unspecified atom stereocenters. The lowest BCUT2D eigenvalue weighted by molar-refractivity contribution is 0.245. The molecule has 1 heterocycles. The van der Waals surface area contributed by atoms with Crippen molar-refractivity contribution in [2.75, 3.05) is 12.3 Å². The molecule has 0 aromatic heterocycles. The van der Waals surface area contributed by atoms with E-state index in [-0.39, 0.29) is 0 Å². The minimum absolute atomic E-state index is 0.639. The maximum absolute atomic E-state index is 6.11. The van der Waals surface area contributed by atoms with Gasteiger partial charge in [-0.25, -0.2) is 0 Å². The largest absolute Gasteiger partial charge is 0.399 e. The van der Waals surface area contributed by atoms with Gasteiger partial charge in [0.2, 0.25) is 0 Å². The minimum atomic E-state index is 0.639. The van der Waals surface area contributed by atoms with E-state index in [1.54, 1.807) is 0 Å². The quantitative estimate of drug-likeness (QED) is 0.845. The van der Waals surface area contributed by atoms with Crippen molar-refractivity contribution in [2.24, 2.45) is 0 Å². The molecule has 0 bridgehead atoms. The molecule has 1 aliphatic rings. The van der Waals surface area contributed by atoms with E-state index in [4.69, 9.17) is 28.9 Å². The summed E-state index contributed by atoms with van der Waals surface area (Å²) >= 11 is 12.2. The number of anilines is 1. The Hall–Kier alpha value is -1.22. The second-order valence-corrected chi connectivity index (χ2v) is 6.05. The van der Waals surface area contributed by atoms with E-state index >= 15 is 0 Å². The second-order valence-electron chi connectivity index (χ2n) is 5.24. The summed E-state index contributed by atoms with van der Waals surface area (Å²) in [6.45, 7) is 2.88. The van der Waals surface area contributed by atoms with Crippen LogP contribution in [0.5, 0.6) is 0 Å². The molecule has 0 saturated heterocycles. The van der Waals surface area contributed by atoms with Crippen LogP contribution in [0.15, 0.2) is 36.4 Å². The number of nitrogens with zero attached hydrogens (tertiary/aromatic N) is 1. The molecule has 0 radical (unpaired) electrons. The van der Waals surface area contributed by atoms with E-state index in [1.165, 1.54) is 16.7 Å². The van der Waals surface area contributed by atoms with Crippen LogP contribution in [-0.2, 0) is 19.5 Å². The van der Waals surface area contributed by atoms with Crippen molar-refractivity contribution in [3.8, 4) is 0 Å². The summed E-state index contributed by atoms with van der Waals surface area (Å²) < 4.78 is 0. The van der Waals surface area contributed by atoms with Crippen LogP contribution in [0.25, 0.3) is 0 Å². The fourth-order valence-electron chi connectivity index (χ4n) is 2.62. The first kappa shape index (κ1) is 13.7. The number of hydrogen-bond donors (Lipinski definition) is 1. The van der Waals surface area contributed by atoms with Crippen molar-refractivity contribution < 1.29 is 0 Å². The van der Waals surface area contributed by atoms with Gasteiger partial charge in [0.1, 0.15) is 0 Å². The first-order chi connectivity index (χ1) is 9.61. The summed E-state index contributed by atoms with van der Waals surface area (Å²) in [4.78, 5) is 2.41. The van der Waals surface area contributed by atoms with Crippen molar-refractivity contribution in [1.29, 1.82) is 0 Å². The van der Waals surface area contributed by atoms with Crippen molar-refractivity contribution in [3.63, 3.8) is 0 Å². The highest BCUT2D eigenvalue weighted by Gasteiger charge is 2.17. The molecule has 0 amide bonds. The van der Waals surface area contributed by atoms with E-state index in [2.05, 4.69) is 17.0 Å². The molecule has 0 fully saturated rings. The fourth-order valence-corrected chi connectivity index (χ4v) is 3.00. The van der Waals surface area contributed by atoms with Gasteiger partial charge in [-0.15, -0.1) is 0 Å². The third-order valence-electron chi connectivity index (χ3n) is 3.72. The smallest absolute Gasteiger partial charge is 0.0595 e. The molecule has 2 N–H and O–H groups in total. The molecular formula is C16H16Cl2N2. The number of halogens is 2. The number of benzene rings is 2. The van der Waals surface area contributed by atoms with Crippen LogP contribution >= 0.6 is 23.2 Å². The zero-order valence-corrected chi connectivity index (χ0v) is 12.6. The van der Waals surface area contributed by atoms with Crippen LogP contribution in [0.1, 0.15) is 16.7 Å². The topological polar surface area (TPSA) is 29.3 Å². The van der Waals surface area contributed by atoms with Gasteiger partial charge < -0.3 is 5.73 Å². The number of nitrogens with two attached hydrogens (primary N) is 1. The standard InChI is InChI=1S/C16H16Cl2N2/c17-15-7-12-5-6-20(10-13(12)8-16(15)18)9-11-1-3-14(19)4-2-11/h1-4,7-8H,5-6,9-10,19H2. The van der Waals surface area contributed by atoms with Crippen LogP contribution in [0.2, 0.25) is 10.0 Å². The molecule has 3 rings (SSSR count). The number of rotatable bonds is 2. The van der Waals surface area contributed by atoms with Crippen LogP contribution in [0, 0.1) is 0 Å². The Balaban J connectivity index is 1.75. The zero-order chi connectivity index (χ0) is 14.1. The molecule has 0 spiro atoms. The van der Waals surface area contributed by atoms with Crippen LogP contribution < -0.4 is 5.73 Å². The predicted molar refractivity (Wildman–Crippen MR) is 85.1 cm³/mol. The SMILES string of the molecule is Nc1ccc(CN2CCc3cc(Cl)c(Cl)cc3C2)cc1. The average molecular weight is 307 g/mol. The predicted octanol–water partition coefficient (Wildman–Crippen LogP) is 4.13. The van der Waals surface area contributed by atoms with Gasteiger partial charge in [0, 0.05) is 25.3 Å². The highest BCUT2D eigenvalue weighted by molar-refractivity contribution is 6.42. The molecule has 2 nitrogen and oxygen atoms in total. The molecule has 4 heteroatoms. The Morgan fingerprint density at radius 2 is 1.65 bits per heavy atom. The monoisotopic (exact) mass is 306 g/mol. The van der Waals surface area contributed by atoms with Gasteiger partial charge in [0.25, 0.3) is 0 Å². The Kier molecular flexibility index (Phi) is 3.88. The van der Waals surface area contributed by atoms with Crippen molar-refractivity contribution >= 4 is 28.9 Å². The van der Waals surface area contributed by atoms with E-state index < -0.39 is 0 Å². The molecule has 1 aliphatic heterocycles. The van der Waals surface area contributed by atoms with Gasteiger partial charge in [0.15, 0.2) is 0 Å². The zero-order valence-electron chi connectivity index (χ0n) is 11.1. The number of hydrogen-bond acceptors (Lipinski definition) is 2. The highest BCUT2D eigenvalue weighted by Crippen LogP contribution is 2.29. The lowest BCUT2D eigenvalue weighted by Gasteiger charge is -2.29. The first-order valence-corrected chi connectivity index (χ1v) is 7.41. The third-order valence-corrected chi connectivity index (χ3v) is 4.44. The summed E-state index contributed by atoms with van der Waals surface area (Å²) in [7, 11) is 0. The molecular weight excluding hydrogens is 291 g/mol. The number of nitrogen functional groups attached to an aromatic ring is 1. The summed E-state index contributed by atoms with van der Waals surface area (Å²) in [5.41, 5.74) is 10.4. The third kappa shape index (κ3) is 2.93. The molecule has 0 aliphatic carbocycles. The van der Waals surface area contributed by atoms with E-state index in [1.807, 2.05) is 24.3 Å². The maximum Gasteiger partial charge on any atom is 0.0595 e. The van der Waals surface area contributed by atoms with Crippen LogP contribution in [-0.4, -0.2) is 11.4 Å². The summed E-state index contributed by atoms with van der Waals surface area (Å²) in [5, 5.41) is 1.29. The molecule has 20 heavy (non-hydrogen) atoms. The normalized spacial score (nSPS) is 15.1. The van der Waals surface area contributed by atoms with E-state index in [0.717, 1.165) is 31.7 Å². The summed E-state index contributed by atoms with van der Waals surface area (Å²) in [6.07, 6.45) is 1.02. The number of fused-ring (bicyclic) bond motifs is 1. The lowest BCUT2D eigenvalue weighted by atomic mass is 9.99. The van der Waals surface area contributed by atoms with E-state index in [9.17, 15) is 0 Å². The van der Waals surface area contributed by atoms with Gasteiger partial charge in [-0.2, -0.15) is 0 Å². The lowest BCUT2D eigenvalue weighted by Crippen LogP contribution is -2.30. The Morgan fingerprint density at radius 3 is 2.35 bits per heavy atom. The van der Waals surface area contributed by atoms with Crippen LogP contribution in [0.4, 0.5) is 5.69 Å². The molecule has 104 valence electrons. The molecule has 2 aromatic carbocycles. The molecule has 0 saturated carbocycles. The van der Waals surface area contributed by atoms with Gasteiger partial charge in [-0.1, -0.05) is 35.3 Å². The Labute approximate surface area is 129 Å². The second kappa shape index (κ2) is 5.65. The van der Waals surface area contributed by atoms with Crippen molar-refractivity contribution in [1.82, 2.24) is 4.90 Å².